The van der Waals surface area contributed by atoms with Crippen LogP contribution in [0.5, 0.6) is 0 Å². The summed E-state index contributed by atoms with van der Waals surface area (Å²) in [5, 5.41) is 5.07. The van der Waals surface area contributed by atoms with Gasteiger partial charge in [-0.3, -0.25) is 0 Å². The van der Waals surface area contributed by atoms with E-state index >= 15 is 0 Å². The van der Waals surface area contributed by atoms with Crippen molar-refractivity contribution in [2.75, 3.05) is 7.11 Å². The first-order valence-electron chi connectivity index (χ1n) is 7.22. The van der Waals surface area contributed by atoms with E-state index in [0.717, 1.165) is 40.4 Å². The highest BCUT2D eigenvalue weighted by Crippen LogP contribution is 2.27. The quantitative estimate of drug-likeness (QED) is 0.669. The molecule has 23 heavy (non-hydrogen) atoms. The summed E-state index contributed by atoms with van der Waals surface area (Å²) in [6, 6.07) is 9.96. The molecule has 3 aromatic rings. The molecular formula is C17H16N2O3S. The van der Waals surface area contributed by atoms with Gasteiger partial charge in [-0.15, -0.1) is 11.3 Å². The summed E-state index contributed by atoms with van der Waals surface area (Å²) in [6.07, 6.45) is 3.04. The summed E-state index contributed by atoms with van der Waals surface area (Å²) >= 11 is 1.36. The third kappa shape index (κ3) is 3.32. The second kappa shape index (κ2) is 6.75. The Labute approximate surface area is 137 Å². The number of esters is 1. The van der Waals surface area contributed by atoms with Gasteiger partial charge in [0.2, 0.25) is 0 Å². The minimum atomic E-state index is -0.347. The third-order valence-corrected chi connectivity index (χ3v) is 4.60. The van der Waals surface area contributed by atoms with Crippen molar-refractivity contribution in [1.82, 2.24) is 10.1 Å². The first-order chi connectivity index (χ1) is 11.2. The van der Waals surface area contributed by atoms with E-state index in [4.69, 9.17) is 9.26 Å². The minimum absolute atomic E-state index is 0.347. The molecular weight excluding hydrogens is 312 g/mol. The van der Waals surface area contributed by atoms with Crippen LogP contribution in [0.1, 0.15) is 26.0 Å². The maximum atomic E-state index is 11.5. The number of rotatable bonds is 5. The van der Waals surface area contributed by atoms with E-state index in [1.807, 2.05) is 37.3 Å². The fourth-order valence-electron chi connectivity index (χ4n) is 2.36. The van der Waals surface area contributed by atoms with E-state index in [9.17, 15) is 4.79 Å². The molecule has 5 nitrogen and oxygen atoms in total. The number of aryl methyl sites for hydroxylation is 2. The van der Waals surface area contributed by atoms with Gasteiger partial charge in [0.25, 0.3) is 0 Å². The molecule has 0 atom stereocenters. The summed E-state index contributed by atoms with van der Waals surface area (Å²) in [5.41, 5.74) is 2.98. The van der Waals surface area contributed by atoms with Crippen LogP contribution in [-0.4, -0.2) is 23.2 Å². The average molecular weight is 328 g/mol. The molecule has 6 heteroatoms. The molecule has 0 spiro atoms. The highest BCUT2D eigenvalue weighted by Gasteiger charge is 2.16. The minimum Gasteiger partial charge on any atom is -0.465 e. The molecule has 1 aromatic carbocycles. The van der Waals surface area contributed by atoms with Gasteiger partial charge in [0.1, 0.15) is 16.3 Å². The van der Waals surface area contributed by atoms with E-state index in [-0.39, 0.29) is 5.97 Å². The molecule has 0 unspecified atom stereocenters. The van der Waals surface area contributed by atoms with Gasteiger partial charge in [-0.05, 0) is 13.3 Å². The predicted molar refractivity (Wildman–Crippen MR) is 87.5 cm³/mol. The maximum absolute atomic E-state index is 11.5. The molecule has 2 heterocycles. The first kappa shape index (κ1) is 15.4. The van der Waals surface area contributed by atoms with Crippen LogP contribution in [-0.2, 0) is 17.6 Å². The number of benzene rings is 1. The zero-order valence-electron chi connectivity index (χ0n) is 12.9. The zero-order valence-corrected chi connectivity index (χ0v) is 13.7. The zero-order chi connectivity index (χ0) is 16.2. The molecule has 0 radical (unpaired) electrons. The standard InChI is InChI=1S/C17H16N2O3S/c1-11-13(16(19-22-11)12-6-4-3-5-7-12)8-9-15-18-10-14(23-15)17(20)21-2/h3-7,10H,8-9H2,1-2H3. The number of thiazole rings is 1. The van der Waals surface area contributed by atoms with Gasteiger partial charge in [-0.2, -0.15) is 0 Å². The van der Waals surface area contributed by atoms with Crippen LogP contribution in [0.3, 0.4) is 0 Å². The Bertz CT molecular complexity index is 808. The summed E-state index contributed by atoms with van der Waals surface area (Å²) in [4.78, 5) is 16.3. The molecule has 0 amide bonds. The smallest absolute Gasteiger partial charge is 0.349 e. The predicted octanol–water partition coefficient (Wildman–Crippen LogP) is 3.68. The highest BCUT2D eigenvalue weighted by molar-refractivity contribution is 7.13. The van der Waals surface area contributed by atoms with Crippen molar-refractivity contribution >= 4 is 17.3 Å². The molecule has 0 bridgehead atoms. The Hall–Kier alpha value is -2.47. The van der Waals surface area contributed by atoms with Gasteiger partial charge in [0.15, 0.2) is 0 Å². The van der Waals surface area contributed by atoms with Crippen molar-refractivity contribution in [2.24, 2.45) is 0 Å². The number of methoxy groups -OCH3 is 1. The molecule has 3 rings (SSSR count). The van der Waals surface area contributed by atoms with Gasteiger partial charge in [0.05, 0.1) is 18.3 Å². The van der Waals surface area contributed by atoms with E-state index in [0.29, 0.717) is 4.88 Å². The SMILES string of the molecule is COC(=O)c1cnc(CCc2c(-c3ccccc3)noc2C)s1. The van der Waals surface area contributed by atoms with Crippen LogP contribution in [0.2, 0.25) is 0 Å². The Morgan fingerprint density at radius 2 is 2.04 bits per heavy atom. The molecule has 0 saturated carbocycles. The number of hydrogen-bond acceptors (Lipinski definition) is 6. The summed E-state index contributed by atoms with van der Waals surface area (Å²) in [5.74, 6) is 0.466. The molecule has 2 aromatic heterocycles. The summed E-state index contributed by atoms with van der Waals surface area (Å²) in [7, 11) is 1.37. The van der Waals surface area contributed by atoms with Crippen molar-refractivity contribution in [2.45, 2.75) is 19.8 Å². The molecule has 0 N–H and O–H groups in total. The number of hydrogen-bond donors (Lipinski definition) is 0. The molecule has 118 valence electrons. The Morgan fingerprint density at radius 1 is 1.26 bits per heavy atom. The van der Waals surface area contributed by atoms with E-state index < -0.39 is 0 Å². The lowest BCUT2D eigenvalue weighted by molar-refractivity contribution is 0.0606. The lowest BCUT2D eigenvalue weighted by Crippen LogP contribution is -1.96. The lowest BCUT2D eigenvalue weighted by Gasteiger charge is -2.01. The number of carbonyl (C=O) groups is 1. The van der Waals surface area contributed by atoms with Crippen molar-refractivity contribution in [3.63, 3.8) is 0 Å². The van der Waals surface area contributed by atoms with E-state index in [1.165, 1.54) is 18.4 Å². The van der Waals surface area contributed by atoms with Crippen LogP contribution >= 0.6 is 11.3 Å². The van der Waals surface area contributed by atoms with Gasteiger partial charge >= 0.3 is 5.97 Å². The fourth-order valence-corrected chi connectivity index (χ4v) is 3.20. The fraction of sp³-hybridized carbons (Fsp3) is 0.235. The Morgan fingerprint density at radius 3 is 2.78 bits per heavy atom. The van der Waals surface area contributed by atoms with Gasteiger partial charge in [0, 0.05) is 17.5 Å². The largest absolute Gasteiger partial charge is 0.465 e. The van der Waals surface area contributed by atoms with Gasteiger partial charge in [-0.1, -0.05) is 35.5 Å². The molecule has 0 aliphatic carbocycles. The molecule has 0 fully saturated rings. The Kier molecular flexibility index (Phi) is 4.52. The van der Waals surface area contributed by atoms with Crippen LogP contribution < -0.4 is 0 Å². The summed E-state index contributed by atoms with van der Waals surface area (Å²) in [6.45, 7) is 1.91. The molecule has 0 saturated heterocycles. The van der Waals surface area contributed by atoms with Gasteiger partial charge < -0.3 is 9.26 Å². The highest BCUT2D eigenvalue weighted by atomic mass is 32.1. The monoisotopic (exact) mass is 328 g/mol. The van der Waals surface area contributed by atoms with Crippen molar-refractivity contribution in [3.8, 4) is 11.3 Å². The normalized spacial score (nSPS) is 10.7. The van der Waals surface area contributed by atoms with E-state index in [1.54, 1.807) is 6.20 Å². The lowest BCUT2D eigenvalue weighted by atomic mass is 10.0. The number of nitrogens with zero attached hydrogens (tertiary/aromatic N) is 2. The number of aromatic nitrogens is 2. The average Bonchev–Trinajstić information content (AvgIpc) is 3.20. The van der Waals surface area contributed by atoms with Crippen molar-refractivity contribution in [1.29, 1.82) is 0 Å². The van der Waals surface area contributed by atoms with Crippen LogP contribution in [0.4, 0.5) is 0 Å². The topological polar surface area (TPSA) is 65.2 Å². The van der Waals surface area contributed by atoms with Crippen molar-refractivity contribution < 1.29 is 14.1 Å². The van der Waals surface area contributed by atoms with Crippen molar-refractivity contribution in [3.05, 3.63) is 57.7 Å². The van der Waals surface area contributed by atoms with Crippen LogP contribution in [0, 0.1) is 6.92 Å². The van der Waals surface area contributed by atoms with Crippen LogP contribution in [0.15, 0.2) is 41.1 Å². The number of ether oxygens (including phenoxy) is 1. The molecule has 0 aliphatic heterocycles. The Balaban J connectivity index is 1.77. The maximum Gasteiger partial charge on any atom is 0.349 e. The van der Waals surface area contributed by atoms with E-state index in [2.05, 4.69) is 10.1 Å². The summed E-state index contributed by atoms with van der Waals surface area (Å²) < 4.78 is 10.1. The second-order valence-electron chi connectivity index (χ2n) is 5.04. The first-order valence-corrected chi connectivity index (χ1v) is 8.04. The second-order valence-corrected chi connectivity index (χ2v) is 6.16. The van der Waals surface area contributed by atoms with Crippen LogP contribution in [0.25, 0.3) is 11.3 Å². The van der Waals surface area contributed by atoms with Gasteiger partial charge in [-0.25, -0.2) is 9.78 Å². The molecule has 0 aliphatic rings. The third-order valence-electron chi connectivity index (χ3n) is 3.56. The number of carbonyl (C=O) groups excluding carboxylic acids is 1.